The fourth-order valence-electron chi connectivity index (χ4n) is 3.42. The summed E-state index contributed by atoms with van der Waals surface area (Å²) < 4.78 is 12.3. The van der Waals surface area contributed by atoms with Crippen molar-refractivity contribution in [1.29, 1.82) is 0 Å². The third-order valence-electron chi connectivity index (χ3n) is 5.20. The molecule has 1 amide bonds. The summed E-state index contributed by atoms with van der Waals surface area (Å²) in [5, 5.41) is 10.5. The van der Waals surface area contributed by atoms with E-state index in [1.54, 1.807) is 23.8 Å². The molecule has 0 aliphatic rings. The highest BCUT2D eigenvalue weighted by Gasteiger charge is 2.12. The van der Waals surface area contributed by atoms with E-state index in [4.69, 9.17) is 9.47 Å². The second kappa shape index (κ2) is 11.5. The van der Waals surface area contributed by atoms with Crippen LogP contribution in [-0.2, 0) is 0 Å². The van der Waals surface area contributed by atoms with Crippen LogP contribution in [0.25, 0.3) is 16.8 Å². The Morgan fingerprint density at radius 3 is 2.51 bits per heavy atom. The SMILES string of the molecule is COc1ccc(Nc2cc(-c3ccc(C(=O)NCCN(C)C)cc3)cn3ncnc23)nc1OC.Cl. The largest absolute Gasteiger partial charge is 0.491 e. The van der Waals surface area contributed by atoms with Gasteiger partial charge in [-0.25, -0.2) is 9.50 Å². The van der Waals surface area contributed by atoms with Gasteiger partial charge in [-0.1, -0.05) is 12.1 Å². The van der Waals surface area contributed by atoms with Gasteiger partial charge in [0, 0.05) is 30.4 Å². The van der Waals surface area contributed by atoms with Crippen molar-refractivity contribution in [3.63, 3.8) is 0 Å². The molecule has 1 aromatic carbocycles. The van der Waals surface area contributed by atoms with E-state index in [0.717, 1.165) is 23.4 Å². The maximum Gasteiger partial charge on any atom is 0.258 e. The minimum atomic E-state index is -0.0954. The molecule has 0 saturated carbocycles. The Morgan fingerprint density at radius 1 is 1.06 bits per heavy atom. The molecule has 35 heavy (non-hydrogen) atoms. The Bertz CT molecular complexity index is 1290. The van der Waals surface area contributed by atoms with Crippen molar-refractivity contribution in [3.8, 4) is 22.8 Å². The number of carbonyl (C=O) groups is 1. The number of aromatic nitrogens is 4. The molecule has 3 aromatic heterocycles. The topological polar surface area (TPSA) is 106 Å². The first kappa shape index (κ1) is 25.7. The predicted octanol–water partition coefficient (Wildman–Crippen LogP) is 3.27. The van der Waals surface area contributed by atoms with Crippen LogP contribution in [0.3, 0.4) is 0 Å². The number of amides is 1. The number of rotatable bonds is 9. The van der Waals surface area contributed by atoms with E-state index >= 15 is 0 Å². The molecule has 2 N–H and O–H groups in total. The molecule has 4 aromatic rings. The lowest BCUT2D eigenvalue weighted by Crippen LogP contribution is -2.31. The summed E-state index contributed by atoms with van der Waals surface area (Å²) in [7, 11) is 7.04. The van der Waals surface area contributed by atoms with Crippen LogP contribution in [0.15, 0.2) is 55.0 Å². The van der Waals surface area contributed by atoms with Crippen molar-refractivity contribution in [2.45, 2.75) is 0 Å². The van der Waals surface area contributed by atoms with Crippen LogP contribution in [0.1, 0.15) is 10.4 Å². The second-order valence-corrected chi connectivity index (χ2v) is 7.84. The third-order valence-corrected chi connectivity index (χ3v) is 5.20. The molecule has 0 aliphatic carbocycles. The summed E-state index contributed by atoms with van der Waals surface area (Å²) in [5.41, 5.74) is 3.82. The lowest BCUT2D eigenvalue weighted by Gasteiger charge is -2.12. The molecule has 184 valence electrons. The van der Waals surface area contributed by atoms with E-state index < -0.39 is 0 Å². The molecule has 0 saturated heterocycles. The summed E-state index contributed by atoms with van der Waals surface area (Å²) in [6, 6.07) is 13.0. The minimum absolute atomic E-state index is 0. The van der Waals surface area contributed by atoms with Gasteiger partial charge in [-0.05, 0) is 50.0 Å². The van der Waals surface area contributed by atoms with Crippen LogP contribution in [0, 0.1) is 0 Å². The van der Waals surface area contributed by atoms with Crippen molar-refractivity contribution in [1.82, 2.24) is 29.8 Å². The Hall–Kier alpha value is -3.89. The first-order chi connectivity index (χ1) is 16.5. The van der Waals surface area contributed by atoms with Crippen LogP contribution in [0.2, 0.25) is 0 Å². The standard InChI is InChI=1S/C24H27N7O3.ClH/c1-30(2)12-11-25-23(32)17-7-5-16(6-8-17)18-13-19(22-26-15-27-31(22)14-18)28-21-10-9-20(33-3)24(29-21)34-4;/h5-10,13-15H,11-12H2,1-4H3,(H,25,32)(H,28,29);1H. The number of hydrogen-bond acceptors (Lipinski definition) is 8. The predicted molar refractivity (Wildman–Crippen MR) is 137 cm³/mol. The van der Waals surface area contributed by atoms with Crippen molar-refractivity contribution in [2.75, 3.05) is 46.7 Å². The van der Waals surface area contributed by atoms with Gasteiger partial charge in [0.25, 0.3) is 11.8 Å². The van der Waals surface area contributed by atoms with Crippen LogP contribution in [0.5, 0.6) is 11.6 Å². The summed E-state index contributed by atoms with van der Waals surface area (Å²) >= 11 is 0. The number of ether oxygens (including phenoxy) is 2. The van der Waals surface area contributed by atoms with Crippen molar-refractivity contribution in [2.24, 2.45) is 0 Å². The molecular formula is C24H28ClN7O3. The van der Waals surface area contributed by atoms with Crippen LogP contribution in [0.4, 0.5) is 11.5 Å². The monoisotopic (exact) mass is 497 g/mol. The van der Waals surface area contributed by atoms with Gasteiger partial charge < -0.3 is 25.0 Å². The zero-order valence-electron chi connectivity index (χ0n) is 20.0. The molecular weight excluding hydrogens is 470 g/mol. The highest BCUT2D eigenvalue weighted by molar-refractivity contribution is 5.94. The fraction of sp³-hybridized carbons (Fsp3) is 0.250. The Kier molecular flexibility index (Phi) is 8.45. The Balaban J connectivity index is 0.00000342. The Morgan fingerprint density at radius 2 is 1.83 bits per heavy atom. The maximum atomic E-state index is 12.4. The molecule has 0 radical (unpaired) electrons. The van der Waals surface area contributed by atoms with E-state index in [-0.39, 0.29) is 18.3 Å². The number of nitrogens with zero attached hydrogens (tertiary/aromatic N) is 5. The van der Waals surface area contributed by atoms with Crippen molar-refractivity contribution in [3.05, 3.63) is 60.6 Å². The zero-order chi connectivity index (χ0) is 24.1. The molecule has 10 nitrogen and oxygen atoms in total. The molecule has 0 aliphatic heterocycles. The number of methoxy groups -OCH3 is 2. The number of benzene rings is 1. The molecule has 0 bridgehead atoms. The number of likely N-dealkylation sites (N-methyl/N-ethyl adjacent to an activating group) is 1. The third kappa shape index (κ3) is 5.97. The summed E-state index contributed by atoms with van der Waals surface area (Å²) in [4.78, 5) is 23.2. The molecule has 0 spiro atoms. The van der Waals surface area contributed by atoms with Gasteiger partial charge in [-0.2, -0.15) is 10.1 Å². The van der Waals surface area contributed by atoms with Crippen LogP contribution < -0.4 is 20.1 Å². The number of carbonyl (C=O) groups excluding carboxylic acids is 1. The number of nitrogens with one attached hydrogen (secondary N) is 2. The lowest BCUT2D eigenvalue weighted by atomic mass is 10.0. The van der Waals surface area contributed by atoms with E-state index in [9.17, 15) is 4.79 Å². The number of fused-ring (bicyclic) bond motifs is 1. The molecule has 0 unspecified atom stereocenters. The number of hydrogen-bond donors (Lipinski definition) is 2. The smallest absolute Gasteiger partial charge is 0.258 e. The zero-order valence-corrected chi connectivity index (χ0v) is 20.8. The highest BCUT2D eigenvalue weighted by Crippen LogP contribution is 2.30. The first-order valence-corrected chi connectivity index (χ1v) is 10.7. The number of pyridine rings is 2. The van der Waals surface area contributed by atoms with Crippen molar-refractivity contribution >= 4 is 35.5 Å². The lowest BCUT2D eigenvalue weighted by molar-refractivity contribution is 0.0951. The van der Waals surface area contributed by atoms with Crippen LogP contribution in [-0.4, -0.2) is 71.8 Å². The van der Waals surface area contributed by atoms with E-state index in [0.29, 0.717) is 35.2 Å². The summed E-state index contributed by atoms with van der Waals surface area (Å²) in [6.07, 6.45) is 3.38. The molecule has 0 atom stereocenters. The van der Waals surface area contributed by atoms with Crippen LogP contribution >= 0.6 is 12.4 Å². The van der Waals surface area contributed by atoms with Gasteiger partial charge in [0.15, 0.2) is 11.4 Å². The van der Waals surface area contributed by atoms with Gasteiger partial charge in [-0.3, -0.25) is 4.79 Å². The fourth-order valence-corrected chi connectivity index (χ4v) is 3.42. The Labute approximate surface area is 209 Å². The maximum absolute atomic E-state index is 12.4. The number of halogens is 1. The van der Waals surface area contributed by atoms with E-state index in [1.807, 2.05) is 55.5 Å². The average molecular weight is 498 g/mol. The second-order valence-electron chi connectivity index (χ2n) is 7.84. The minimum Gasteiger partial charge on any atom is -0.491 e. The van der Waals surface area contributed by atoms with Gasteiger partial charge in [0.1, 0.15) is 12.1 Å². The highest BCUT2D eigenvalue weighted by atomic mass is 35.5. The van der Waals surface area contributed by atoms with Gasteiger partial charge >= 0.3 is 0 Å². The van der Waals surface area contributed by atoms with Gasteiger partial charge in [0.05, 0.1) is 19.9 Å². The van der Waals surface area contributed by atoms with Gasteiger partial charge in [-0.15, -0.1) is 12.4 Å². The van der Waals surface area contributed by atoms with E-state index in [1.165, 1.54) is 13.4 Å². The molecule has 4 rings (SSSR count). The van der Waals surface area contributed by atoms with Crippen molar-refractivity contribution < 1.29 is 14.3 Å². The summed E-state index contributed by atoms with van der Waals surface area (Å²) in [6.45, 7) is 1.38. The normalized spacial score (nSPS) is 10.7. The molecule has 0 fully saturated rings. The average Bonchev–Trinajstić information content (AvgIpc) is 3.33. The molecule has 11 heteroatoms. The molecule has 3 heterocycles. The number of anilines is 2. The van der Waals surface area contributed by atoms with Gasteiger partial charge in [0.2, 0.25) is 0 Å². The quantitative estimate of drug-likeness (QED) is 0.363. The summed E-state index contributed by atoms with van der Waals surface area (Å²) in [5.74, 6) is 1.40. The first-order valence-electron chi connectivity index (χ1n) is 10.7. The van der Waals surface area contributed by atoms with E-state index in [2.05, 4.69) is 25.7 Å².